The molecule has 0 amide bonds. The first-order valence-electron chi connectivity index (χ1n) is 33.1. The lowest BCUT2D eigenvalue weighted by Gasteiger charge is -2.08. The van der Waals surface area contributed by atoms with E-state index < -0.39 is 0 Å². The van der Waals surface area contributed by atoms with Crippen LogP contribution < -0.4 is 0 Å². The van der Waals surface area contributed by atoms with Crippen LogP contribution >= 0.6 is 0 Å². The van der Waals surface area contributed by atoms with Gasteiger partial charge in [-0.1, -0.05) is 230 Å². The van der Waals surface area contributed by atoms with E-state index in [2.05, 4.69) is 386 Å². The number of hydrogen-bond donors (Lipinski definition) is 4. The van der Waals surface area contributed by atoms with Crippen LogP contribution in [0.3, 0.4) is 0 Å². The summed E-state index contributed by atoms with van der Waals surface area (Å²) < 4.78 is 4.71. The summed E-state index contributed by atoms with van der Waals surface area (Å²) in [5.74, 6) is 0. The van der Waals surface area contributed by atoms with Gasteiger partial charge in [-0.3, -0.25) is 0 Å². The molecule has 20 aromatic rings. The molecule has 464 valence electrons. The van der Waals surface area contributed by atoms with Gasteiger partial charge in [0.1, 0.15) is 0 Å². The number of para-hydroxylation sites is 10. The molecular weight excluding hydrogens is 1170 g/mol. The molecule has 0 bridgehead atoms. The Balaban J connectivity index is 0.0000000953. The second-order valence-electron chi connectivity index (χ2n) is 25.1. The Kier molecular flexibility index (Phi) is 16.4. The highest BCUT2D eigenvalue weighted by Gasteiger charge is 2.15. The standard InChI is InChI=1S/2C19H15N.4C13H11N/c1-14-8-7-12-17-16-11-5-6-13-18(16)20(19(14)17)15-9-3-2-4-10-15;1-14-11-12-17-16-9-5-6-10-18(16)20(19(17)13-14)15-7-3-2-4-8-15;1-9-5-4-7-11-10-6-2-3-8-12(10)14-13(9)11;1-9-5-4-8-12-13(9)10-6-2-3-7-11(10)14-12;1-9-6-7-13-11(8-9)10-4-2-3-5-12(10)14-13;1-9-6-7-11-10-4-2-3-5-12(10)14-13(11)8-9/h2*2-13H,1H3;4*2-8,14H,1H3. The molecule has 6 nitrogen and oxygen atoms in total. The van der Waals surface area contributed by atoms with Gasteiger partial charge in [0, 0.05) is 120 Å². The Hall–Kier alpha value is -12.1. The van der Waals surface area contributed by atoms with E-state index in [-0.39, 0.29) is 0 Å². The molecule has 0 fully saturated rings. The topological polar surface area (TPSA) is 73.0 Å². The molecule has 6 heteroatoms. The normalized spacial score (nSPS) is 11.2. The highest BCUT2D eigenvalue weighted by atomic mass is 15.0. The van der Waals surface area contributed by atoms with Crippen molar-refractivity contribution in [2.45, 2.75) is 41.5 Å². The molecule has 20 rings (SSSR count). The van der Waals surface area contributed by atoms with E-state index in [4.69, 9.17) is 0 Å². The third kappa shape index (κ3) is 11.6. The van der Waals surface area contributed by atoms with Crippen molar-refractivity contribution in [1.29, 1.82) is 0 Å². The molecule has 0 spiro atoms. The van der Waals surface area contributed by atoms with E-state index in [1.165, 1.54) is 176 Å². The fourth-order valence-electron chi connectivity index (χ4n) is 14.0. The summed E-state index contributed by atoms with van der Waals surface area (Å²) >= 11 is 0. The molecule has 0 unspecified atom stereocenters. The van der Waals surface area contributed by atoms with Crippen molar-refractivity contribution in [3.8, 4) is 11.4 Å². The lowest BCUT2D eigenvalue weighted by atomic mass is 10.1. The largest absolute Gasteiger partial charge is 0.355 e. The summed E-state index contributed by atoms with van der Waals surface area (Å²) in [5, 5.41) is 15.8. The third-order valence-electron chi connectivity index (χ3n) is 18.6. The van der Waals surface area contributed by atoms with Gasteiger partial charge >= 0.3 is 0 Å². The number of H-pyrrole nitrogens is 4. The quantitative estimate of drug-likeness (QED) is 0.133. The van der Waals surface area contributed by atoms with Gasteiger partial charge in [0.2, 0.25) is 0 Å². The summed E-state index contributed by atoms with van der Waals surface area (Å²) in [6.45, 7) is 12.9. The molecule has 14 aromatic carbocycles. The van der Waals surface area contributed by atoms with Crippen LogP contribution in [0.4, 0.5) is 0 Å². The Morgan fingerprint density at radius 2 is 0.594 bits per heavy atom. The molecule has 0 atom stereocenters. The molecule has 6 heterocycles. The summed E-state index contributed by atoms with van der Waals surface area (Å²) in [5.41, 5.74) is 25.2. The van der Waals surface area contributed by atoms with Crippen molar-refractivity contribution in [3.63, 3.8) is 0 Å². The predicted molar refractivity (Wildman–Crippen MR) is 413 cm³/mol. The van der Waals surface area contributed by atoms with Crippen LogP contribution in [0.5, 0.6) is 0 Å². The summed E-state index contributed by atoms with van der Waals surface area (Å²) in [7, 11) is 0. The van der Waals surface area contributed by atoms with Crippen molar-refractivity contribution in [1.82, 2.24) is 29.1 Å². The number of aromatic amines is 4. The Labute approximate surface area is 558 Å². The van der Waals surface area contributed by atoms with Crippen molar-refractivity contribution in [2.24, 2.45) is 0 Å². The van der Waals surface area contributed by atoms with Gasteiger partial charge < -0.3 is 29.1 Å². The molecule has 0 radical (unpaired) electrons. The van der Waals surface area contributed by atoms with Crippen LogP contribution in [0.2, 0.25) is 0 Å². The number of nitrogens with zero attached hydrogens (tertiary/aromatic N) is 2. The van der Waals surface area contributed by atoms with Crippen molar-refractivity contribution < 1.29 is 0 Å². The third-order valence-corrected chi connectivity index (χ3v) is 18.6. The van der Waals surface area contributed by atoms with E-state index in [0.717, 1.165) is 0 Å². The number of benzene rings is 14. The zero-order chi connectivity index (χ0) is 65.2. The van der Waals surface area contributed by atoms with Crippen molar-refractivity contribution in [3.05, 3.63) is 349 Å². The second-order valence-corrected chi connectivity index (χ2v) is 25.1. The summed E-state index contributed by atoms with van der Waals surface area (Å²) in [4.78, 5) is 13.7. The minimum atomic E-state index is 1.21. The monoisotopic (exact) mass is 1240 g/mol. The summed E-state index contributed by atoms with van der Waals surface area (Å²) in [6.07, 6.45) is 0. The molecule has 0 saturated heterocycles. The first kappa shape index (κ1) is 60.1. The fraction of sp³-hybridized carbons (Fsp3) is 0.0667. The first-order valence-corrected chi connectivity index (χ1v) is 33.1. The highest BCUT2D eigenvalue weighted by Crippen LogP contribution is 2.36. The van der Waals surface area contributed by atoms with Gasteiger partial charge in [0.25, 0.3) is 0 Å². The molecule has 0 saturated carbocycles. The first-order chi connectivity index (χ1) is 47.1. The number of aryl methyl sites for hydroxylation is 6. The fourth-order valence-corrected chi connectivity index (χ4v) is 14.0. The number of fused-ring (bicyclic) bond motifs is 18. The van der Waals surface area contributed by atoms with Crippen LogP contribution in [0.25, 0.3) is 142 Å². The lowest BCUT2D eigenvalue weighted by molar-refractivity contribution is 1.17. The molecule has 96 heavy (non-hydrogen) atoms. The van der Waals surface area contributed by atoms with E-state index in [9.17, 15) is 0 Å². The average molecular weight is 1240 g/mol. The Bertz CT molecular complexity index is 6140. The molecular formula is C90H74N6. The molecule has 0 aliphatic carbocycles. The van der Waals surface area contributed by atoms with Gasteiger partial charge in [-0.2, -0.15) is 0 Å². The molecule has 0 aliphatic heterocycles. The maximum absolute atomic E-state index is 3.45. The van der Waals surface area contributed by atoms with E-state index in [1.54, 1.807) is 0 Å². The Morgan fingerprint density at radius 1 is 0.208 bits per heavy atom. The van der Waals surface area contributed by atoms with E-state index >= 15 is 0 Å². The SMILES string of the molecule is Cc1ccc2[nH]c3ccccc3c2c1.Cc1ccc2c(c1)[nH]c1ccccc12.Cc1ccc2c3ccccc3n(-c3ccccc3)c2c1.Cc1cccc2[nH]c3ccccc3c12.Cc1cccc2c1[nH]c1ccccc12.Cc1cccc2c3ccccc3n(-c3ccccc3)c12. The summed E-state index contributed by atoms with van der Waals surface area (Å²) in [6, 6.07) is 111. The van der Waals surface area contributed by atoms with Gasteiger partial charge in [0.15, 0.2) is 0 Å². The van der Waals surface area contributed by atoms with Gasteiger partial charge in [0.05, 0.1) is 22.1 Å². The van der Waals surface area contributed by atoms with Gasteiger partial charge in [-0.05, 0) is 160 Å². The maximum Gasteiger partial charge on any atom is 0.0570 e. The van der Waals surface area contributed by atoms with Crippen molar-refractivity contribution in [2.75, 3.05) is 0 Å². The smallest absolute Gasteiger partial charge is 0.0570 e. The molecule has 6 aromatic heterocycles. The van der Waals surface area contributed by atoms with Crippen LogP contribution in [-0.2, 0) is 0 Å². The van der Waals surface area contributed by atoms with E-state index in [1.807, 2.05) is 0 Å². The van der Waals surface area contributed by atoms with Crippen molar-refractivity contribution >= 4 is 131 Å². The molecule has 4 N–H and O–H groups in total. The van der Waals surface area contributed by atoms with Crippen LogP contribution in [0.15, 0.2) is 315 Å². The van der Waals surface area contributed by atoms with E-state index in [0.29, 0.717) is 0 Å². The lowest BCUT2D eigenvalue weighted by Crippen LogP contribution is -1.94. The van der Waals surface area contributed by atoms with Gasteiger partial charge in [-0.25, -0.2) is 0 Å². The zero-order valence-electron chi connectivity index (χ0n) is 54.9. The zero-order valence-corrected chi connectivity index (χ0v) is 54.9. The predicted octanol–water partition coefficient (Wildman–Crippen LogP) is 24.7. The van der Waals surface area contributed by atoms with Crippen LogP contribution in [-0.4, -0.2) is 29.1 Å². The number of aromatic nitrogens is 6. The minimum Gasteiger partial charge on any atom is -0.355 e. The minimum absolute atomic E-state index is 1.21. The number of hydrogen-bond acceptors (Lipinski definition) is 0. The van der Waals surface area contributed by atoms with Crippen LogP contribution in [0.1, 0.15) is 33.4 Å². The molecule has 0 aliphatic rings. The Morgan fingerprint density at radius 3 is 1.26 bits per heavy atom. The maximum atomic E-state index is 3.45. The number of nitrogens with one attached hydrogen (secondary N) is 4. The second kappa shape index (κ2) is 26.1. The van der Waals surface area contributed by atoms with Crippen LogP contribution in [0, 0.1) is 41.5 Å². The highest BCUT2D eigenvalue weighted by molar-refractivity contribution is 6.13. The number of rotatable bonds is 2. The average Bonchev–Trinajstić information content (AvgIpc) is 1.61. The van der Waals surface area contributed by atoms with Gasteiger partial charge in [-0.15, -0.1) is 0 Å².